The molecule has 1 heterocycles. The predicted molar refractivity (Wildman–Crippen MR) is 121 cm³/mol. The maximum Gasteiger partial charge on any atom is 0.228 e. The standard InChI is InChI=1S/C24H29ClN2O4/c1-3-31-21-6-4-5-16(22(21)28)15-27-11-9-24(10-12-27)14-18(24)23(29)26-17-7-8-20(30-2)19(25)13-17/h4-8,13,18,28H,3,9-12,14-15H2,1-2H3,(H,26,29). The van der Waals surface area contributed by atoms with Crippen LogP contribution < -0.4 is 14.8 Å². The lowest BCUT2D eigenvalue weighted by Crippen LogP contribution is -2.35. The molecule has 1 unspecified atom stereocenters. The summed E-state index contributed by atoms with van der Waals surface area (Å²) in [5.74, 6) is 1.47. The average Bonchev–Trinajstić information content (AvgIpc) is 3.46. The van der Waals surface area contributed by atoms with E-state index in [1.165, 1.54) is 0 Å². The Morgan fingerprint density at radius 3 is 2.71 bits per heavy atom. The number of halogens is 1. The van der Waals surface area contributed by atoms with Crippen molar-refractivity contribution in [3.05, 3.63) is 47.0 Å². The fourth-order valence-corrected chi connectivity index (χ4v) is 4.87. The highest BCUT2D eigenvalue weighted by molar-refractivity contribution is 6.32. The third kappa shape index (κ3) is 4.60. The second kappa shape index (κ2) is 8.97. The summed E-state index contributed by atoms with van der Waals surface area (Å²) in [7, 11) is 1.57. The van der Waals surface area contributed by atoms with E-state index in [0.717, 1.165) is 37.9 Å². The molecule has 0 aromatic heterocycles. The minimum absolute atomic E-state index is 0.0465. The highest BCUT2D eigenvalue weighted by atomic mass is 35.5. The number of methoxy groups -OCH3 is 1. The summed E-state index contributed by atoms with van der Waals surface area (Å²) >= 11 is 6.16. The van der Waals surface area contributed by atoms with Crippen LogP contribution in [0.25, 0.3) is 0 Å². The van der Waals surface area contributed by atoms with Crippen molar-refractivity contribution in [2.75, 3.05) is 32.1 Å². The lowest BCUT2D eigenvalue weighted by atomic mass is 9.90. The Hall–Kier alpha value is -2.44. The van der Waals surface area contributed by atoms with Crippen LogP contribution in [0.4, 0.5) is 5.69 Å². The molecule has 166 valence electrons. The second-order valence-corrected chi connectivity index (χ2v) is 8.84. The zero-order valence-corrected chi connectivity index (χ0v) is 18.7. The van der Waals surface area contributed by atoms with Crippen LogP contribution in [-0.4, -0.2) is 42.7 Å². The number of hydrogen-bond donors (Lipinski definition) is 2. The largest absolute Gasteiger partial charge is 0.504 e. The summed E-state index contributed by atoms with van der Waals surface area (Å²) in [5, 5.41) is 13.9. The Labute approximate surface area is 188 Å². The number of aromatic hydroxyl groups is 1. The van der Waals surface area contributed by atoms with Gasteiger partial charge < -0.3 is 19.9 Å². The summed E-state index contributed by atoms with van der Waals surface area (Å²) < 4.78 is 10.7. The van der Waals surface area contributed by atoms with Gasteiger partial charge in [-0.2, -0.15) is 0 Å². The van der Waals surface area contributed by atoms with E-state index < -0.39 is 0 Å². The second-order valence-electron chi connectivity index (χ2n) is 8.43. The van der Waals surface area contributed by atoms with Crippen molar-refractivity contribution in [3.63, 3.8) is 0 Å². The molecule has 6 nitrogen and oxygen atoms in total. The first kappa shape index (κ1) is 21.8. The molecule has 7 heteroatoms. The van der Waals surface area contributed by atoms with Crippen molar-refractivity contribution in [2.24, 2.45) is 11.3 Å². The Bertz CT molecular complexity index is 957. The molecule has 0 bridgehead atoms. The number of ether oxygens (including phenoxy) is 2. The third-order valence-corrected chi connectivity index (χ3v) is 6.85. The van der Waals surface area contributed by atoms with Gasteiger partial charge in [0.15, 0.2) is 11.5 Å². The molecule has 2 fully saturated rings. The van der Waals surface area contributed by atoms with Crippen molar-refractivity contribution >= 4 is 23.2 Å². The van der Waals surface area contributed by atoms with Crippen molar-refractivity contribution in [1.82, 2.24) is 4.90 Å². The smallest absolute Gasteiger partial charge is 0.228 e. The van der Waals surface area contributed by atoms with Crippen LogP contribution in [0.1, 0.15) is 31.7 Å². The zero-order valence-electron chi connectivity index (χ0n) is 18.0. The molecule has 1 amide bonds. The highest BCUT2D eigenvalue weighted by Crippen LogP contribution is 2.59. The van der Waals surface area contributed by atoms with Gasteiger partial charge in [0.2, 0.25) is 5.91 Å². The van der Waals surface area contributed by atoms with Gasteiger partial charge in [-0.3, -0.25) is 9.69 Å². The normalized spacial score (nSPS) is 19.8. The number of piperidine rings is 1. The SMILES string of the molecule is CCOc1cccc(CN2CCC3(CC2)CC3C(=O)Nc2ccc(OC)c(Cl)c2)c1O. The van der Waals surface area contributed by atoms with Gasteiger partial charge >= 0.3 is 0 Å². The fraction of sp³-hybridized carbons (Fsp3) is 0.458. The van der Waals surface area contributed by atoms with E-state index in [9.17, 15) is 9.90 Å². The molecule has 2 N–H and O–H groups in total. The first-order valence-electron chi connectivity index (χ1n) is 10.8. The summed E-state index contributed by atoms with van der Waals surface area (Å²) in [6.45, 7) is 4.94. The molecular formula is C24H29ClN2O4. The molecule has 31 heavy (non-hydrogen) atoms. The number of carbonyl (C=O) groups excluding carboxylic acids is 1. The average molecular weight is 445 g/mol. The van der Waals surface area contributed by atoms with Gasteiger partial charge in [0.1, 0.15) is 5.75 Å². The number of rotatable bonds is 7. The van der Waals surface area contributed by atoms with Crippen LogP contribution in [0.15, 0.2) is 36.4 Å². The molecule has 4 rings (SSSR count). The van der Waals surface area contributed by atoms with E-state index in [4.69, 9.17) is 21.1 Å². The van der Waals surface area contributed by atoms with E-state index >= 15 is 0 Å². The number of benzene rings is 2. The molecule has 1 aliphatic carbocycles. The van der Waals surface area contributed by atoms with E-state index in [0.29, 0.717) is 35.4 Å². The van der Waals surface area contributed by atoms with Crippen molar-refractivity contribution in [2.45, 2.75) is 32.7 Å². The van der Waals surface area contributed by atoms with E-state index in [1.807, 2.05) is 25.1 Å². The maximum absolute atomic E-state index is 12.8. The quantitative estimate of drug-likeness (QED) is 0.648. The lowest BCUT2D eigenvalue weighted by Gasteiger charge is -2.33. The number of amides is 1. The lowest BCUT2D eigenvalue weighted by molar-refractivity contribution is -0.118. The van der Waals surface area contributed by atoms with E-state index in [2.05, 4.69) is 10.2 Å². The van der Waals surface area contributed by atoms with Crippen LogP contribution in [0.2, 0.25) is 5.02 Å². The van der Waals surface area contributed by atoms with Crippen LogP contribution in [0.5, 0.6) is 17.2 Å². The summed E-state index contributed by atoms with van der Waals surface area (Å²) in [6, 6.07) is 10.9. The van der Waals surface area contributed by atoms with Crippen LogP contribution in [0.3, 0.4) is 0 Å². The minimum Gasteiger partial charge on any atom is -0.504 e. The molecule has 1 saturated carbocycles. The van der Waals surface area contributed by atoms with Gasteiger partial charge in [-0.25, -0.2) is 0 Å². The number of para-hydroxylation sites is 1. The summed E-state index contributed by atoms with van der Waals surface area (Å²) in [6.07, 6.45) is 2.91. The third-order valence-electron chi connectivity index (χ3n) is 6.55. The van der Waals surface area contributed by atoms with E-state index in [1.54, 1.807) is 25.3 Å². The topological polar surface area (TPSA) is 71.0 Å². The zero-order chi connectivity index (χ0) is 22.0. The summed E-state index contributed by atoms with van der Waals surface area (Å²) in [4.78, 5) is 15.1. The Morgan fingerprint density at radius 2 is 2.03 bits per heavy atom. The Balaban J connectivity index is 1.31. The minimum atomic E-state index is 0.0465. The van der Waals surface area contributed by atoms with Gasteiger partial charge in [0.05, 0.1) is 18.7 Å². The van der Waals surface area contributed by atoms with Crippen molar-refractivity contribution < 1.29 is 19.4 Å². The molecule has 1 atom stereocenters. The van der Waals surface area contributed by atoms with Crippen LogP contribution in [-0.2, 0) is 11.3 Å². The van der Waals surface area contributed by atoms with Gasteiger partial charge in [0, 0.05) is 23.7 Å². The molecule has 1 aliphatic heterocycles. The van der Waals surface area contributed by atoms with E-state index in [-0.39, 0.29) is 23.0 Å². The number of phenols is 1. The molecule has 1 saturated heterocycles. The van der Waals surface area contributed by atoms with Gasteiger partial charge in [-0.1, -0.05) is 23.7 Å². The van der Waals surface area contributed by atoms with Crippen molar-refractivity contribution in [3.8, 4) is 17.2 Å². The number of likely N-dealkylation sites (tertiary alicyclic amines) is 1. The van der Waals surface area contributed by atoms with Gasteiger partial charge in [-0.05, 0) is 69.0 Å². The van der Waals surface area contributed by atoms with Crippen LogP contribution in [0, 0.1) is 11.3 Å². The van der Waals surface area contributed by atoms with Crippen molar-refractivity contribution in [1.29, 1.82) is 0 Å². The van der Waals surface area contributed by atoms with Crippen LogP contribution >= 0.6 is 11.6 Å². The molecule has 2 aromatic carbocycles. The number of nitrogens with zero attached hydrogens (tertiary/aromatic N) is 1. The molecule has 0 radical (unpaired) electrons. The van der Waals surface area contributed by atoms with Gasteiger partial charge in [-0.15, -0.1) is 0 Å². The number of hydrogen-bond acceptors (Lipinski definition) is 5. The Morgan fingerprint density at radius 1 is 1.26 bits per heavy atom. The highest BCUT2D eigenvalue weighted by Gasteiger charge is 2.58. The number of nitrogens with one attached hydrogen (secondary N) is 1. The number of phenolic OH excluding ortho intramolecular Hbond substituents is 1. The first-order valence-corrected chi connectivity index (χ1v) is 11.1. The molecule has 2 aliphatic rings. The molecular weight excluding hydrogens is 416 g/mol. The number of anilines is 1. The molecule has 2 aromatic rings. The monoisotopic (exact) mass is 444 g/mol. The molecule has 1 spiro atoms. The fourth-order valence-electron chi connectivity index (χ4n) is 4.61. The first-order chi connectivity index (χ1) is 15.0. The number of carbonyl (C=O) groups is 1. The predicted octanol–water partition coefficient (Wildman–Crippen LogP) is 4.69. The van der Waals surface area contributed by atoms with Gasteiger partial charge in [0.25, 0.3) is 0 Å². The Kier molecular flexibility index (Phi) is 6.30. The summed E-state index contributed by atoms with van der Waals surface area (Å²) in [5.41, 5.74) is 1.68. The maximum atomic E-state index is 12.8.